The summed E-state index contributed by atoms with van der Waals surface area (Å²) in [6.45, 7) is 0. The van der Waals surface area contributed by atoms with Gasteiger partial charge >= 0.3 is 5.51 Å². The molecule has 1 heterocycles. The van der Waals surface area contributed by atoms with E-state index in [1.807, 2.05) is 0 Å². The molecule has 11 heteroatoms. The average Bonchev–Trinajstić information content (AvgIpc) is 2.91. The van der Waals surface area contributed by atoms with Crippen LogP contribution in [0.3, 0.4) is 0 Å². The Balaban J connectivity index is 2.26. The van der Waals surface area contributed by atoms with Crippen LogP contribution in [0.25, 0.3) is 5.69 Å². The maximum absolute atomic E-state index is 13.1. The number of alkyl halides is 3. The number of hydrogen-bond donors (Lipinski definition) is 1. The van der Waals surface area contributed by atoms with Crippen molar-refractivity contribution in [2.45, 2.75) is 10.4 Å². The quantitative estimate of drug-likeness (QED) is 0.380. The number of nitrogens with zero attached hydrogens (tertiary/aromatic N) is 3. The van der Waals surface area contributed by atoms with E-state index in [1.54, 1.807) is 36.4 Å². The van der Waals surface area contributed by atoms with E-state index in [0.717, 1.165) is 4.68 Å². The third-order valence-electron chi connectivity index (χ3n) is 3.40. The summed E-state index contributed by atoms with van der Waals surface area (Å²) in [6, 6.07) is 13.3. The molecule has 0 aliphatic heterocycles. The number of benzene rings is 2. The largest absolute Gasteiger partial charge is 0.446 e. The monoisotopic (exact) mass is 506 g/mol. The lowest BCUT2D eigenvalue weighted by Crippen LogP contribution is -2.06. The summed E-state index contributed by atoms with van der Waals surface area (Å²) >= 11 is 15.3. The first kappa shape index (κ1) is 20.9. The number of nitriles is 1. The van der Waals surface area contributed by atoms with E-state index in [4.69, 9.17) is 23.2 Å². The van der Waals surface area contributed by atoms with E-state index in [0.29, 0.717) is 10.2 Å². The van der Waals surface area contributed by atoms with Crippen LogP contribution in [0.5, 0.6) is 0 Å². The van der Waals surface area contributed by atoms with Crippen molar-refractivity contribution in [2.75, 3.05) is 5.32 Å². The molecule has 0 unspecified atom stereocenters. The molecule has 0 spiro atoms. The number of rotatable bonds is 4. The molecule has 0 amide bonds. The first-order valence-corrected chi connectivity index (χ1v) is 9.82. The normalized spacial score (nSPS) is 11.3. The van der Waals surface area contributed by atoms with Crippen molar-refractivity contribution in [3.8, 4) is 11.8 Å². The van der Waals surface area contributed by atoms with E-state index >= 15 is 0 Å². The number of halogens is 6. The maximum Gasteiger partial charge on any atom is 0.446 e. The lowest BCUT2D eigenvalue weighted by atomic mass is 10.3. The molecule has 0 saturated carbocycles. The highest BCUT2D eigenvalue weighted by Crippen LogP contribution is 2.45. The first-order chi connectivity index (χ1) is 13.2. The average molecular weight is 508 g/mol. The molecule has 3 rings (SSSR count). The minimum Gasteiger partial charge on any atom is -0.339 e. The molecule has 144 valence electrons. The number of nitrogens with one attached hydrogen (secondary N) is 1. The molecule has 4 nitrogen and oxygen atoms in total. The van der Waals surface area contributed by atoms with Crippen LogP contribution in [0.1, 0.15) is 5.69 Å². The lowest BCUT2D eigenvalue weighted by molar-refractivity contribution is -0.0328. The van der Waals surface area contributed by atoms with Gasteiger partial charge in [-0.15, -0.1) is 0 Å². The summed E-state index contributed by atoms with van der Waals surface area (Å²) < 4.78 is 41.1. The zero-order valence-corrected chi connectivity index (χ0v) is 17.5. The zero-order chi connectivity index (χ0) is 20.5. The highest BCUT2D eigenvalue weighted by atomic mass is 79.9. The maximum atomic E-state index is 13.1. The summed E-state index contributed by atoms with van der Waals surface area (Å²) in [5.74, 6) is -0.0730. The minimum atomic E-state index is -4.63. The van der Waals surface area contributed by atoms with Crippen LogP contribution in [-0.4, -0.2) is 15.3 Å². The van der Waals surface area contributed by atoms with Crippen LogP contribution in [0, 0.1) is 11.3 Å². The standard InChI is InChI=1S/C17H8BrCl2F3N4S/c18-9-6-11(19)14(12(20)7-9)27-16(25-10-4-2-1-3-5-10)15(13(8-24)26-27)28-17(21,22)23/h1-7,25H. The Morgan fingerprint density at radius 2 is 1.75 bits per heavy atom. The molecular formula is C17H8BrCl2F3N4S. The van der Waals surface area contributed by atoms with Crippen molar-refractivity contribution in [1.82, 2.24) is 9.78 Å². The van der Waals surface area contributed by atoms with Gasteiger partial charge in [-0.25, -0.2) is 4.68 Å². The van der Waals surface area contributed by atoms with Gasteiger partial charge in [-0.3, -0.25) is 0 Å². The lowest BCUT2D eigenvalue weighted by Gasteiger charge is -2.15. The van der Waals surface area contributed by atoms with Gasteiger partial charge in [0.1, 0.15) is 17.6 Å². The minimum absolute atomic E-state index is 0.0730. The zero-order valence-electron chi connectivity index (χ0n) is 13.6. The van der Waals surface area contributed by atoms with Crippen molar-refractivity contribution >= 4 is 62.4 Å². The molecule has 0 saturated heterocycles. The molecule has 1 N–H and O–H groups in total. The molecule has 0 aliphatic carbocycles. The molecule has 0 aliphatic rings. The van der Waals surface area contributed by atoms with Crippen LogP contribution >= 0.6 is 50.9 Å². The molecule has 0 atom stereocenters. The number of thioether (sulfide) groups is 1. The van der Waals surface area contributed by atoms with E-state index in [9.17, 15) is 18.4 Å². The third kappa shape index (κ3) is 4.58. The Morgan fingerprint density at radius 1 is 1.14 bits per heavy atom. The van der Waals surface area contributed by atoms with Gasteiger partial charge in [0.25, 0.3) is 0 Å². The van der Waals surface area contributed by atoms with E-state index < -0.39 is 23.0 Å². The number of hydrogen-bond acceptors (Lipinski definition) is 4. The second-order valence-electron chi connectivity index (χ2n) is 5.31. The number of para-hydroxylation sites is 1. The van der Waals surface area contributed by atoms with Crippen LogP contribution < -0.4 is 5.32 Å². The Morgan fingerprint density at radius 3 is 2.29 bits per heavy atom. The van der Waals surface area contributed by atoms with Gasteiger partial charge in [0, 0.05) is 10.2 Å². The predicted molar refractivity (Wildman–Crippen MR) is 108 cm³/mol. The van der Waals surface area contributed by atoms with Crippen molar-refractivity contribution in [1.29, 1.82) is 5.26 Å². The third-order valence-corrected chi connectivity index (χ3v) is 5.25. The predicted octanol–water partition coefficient (Wildman–Crippen LogP) is 7.17. The molecule has 0 bridgehead atoms. The topological polar surface area (TPSA) is 53.6 Å². The number of aromatic nitrogens is 2. The first-order valence-electron chi connectivity index (χ1n) is 7.45. The summed E-state index contributed by atoms with van der Waals surface area (Å²) in [6.07, 6.45) is 0. The van der Waals surface area contributed by atoms with Crippen molar-refractivity contribution in [2.24, 2.45) is 0 Å². The number of anilines is 2. The Bertz CT molecular complexity index is 1040. The van der Waals surface area contributed by atoms with E-state index in [-0.39, 0.29) is 26.4 Å². The fourth-order valence-electron chi connectivity index (χ4n) is 2.36. The summed E-state index contributed by atoms with van der Waals surface area (Å²) in [7, 11) is 0. The Hall–Kier alpha value is -1.86. The molecule has 1 aromatic heterocycles. The fourth-order valence-corrected chi connectivity index (χ4v) is 4.37. The van der Waals surface area contributed by atoms with E-state index in [2.05, 4.69) is 26.3 Å². The van der Waals surface area contributed by atoms with Gasteiger partial charge in [0.05, 0.1) is 14.9 Å². The van der Waals surface area contributed by atoms with Gasteiger partial charge in [-0.2, -0.15) is 23.5 Å². The highest BCUT2D eigenvalue weighted by molar-refractivity contribution is 9.10. The summed E-state index contributed by atoms with van der Waals surface area (Å²) in [4.78, 5) is -0.381. The van der Waals surface area contributed by atoms with Crippen LogP contribution in [-0.2, 0) is 0 Å². The van der Waals surface area contributed by atoms with Gasteiger partial charge in [-0.05, 0) is 36.0 Å². The molecule has 0 fully saturated rings. The highest BCUT2D eigenvalue weighted by Gasteiger charge is 2.35. The van der Waals surface area contributed by atoms with Gasteiger partial charge < -0.3 is 5.32 Å². The Labute approximate surface area is 180 Å². The van der Waals surface area contributed by atoms with Crippen LogP contribution in [0.4, 0.5) is 24.7 Å². The van der Waals surface area contributed by atoms with Crippen molar-refractivity contribution in [3.63, 3.8) is 0 Å². The summed E-state index contributed by atoms with van der Waals surface area (Å²) in [5, 5.41) is 16.5. The van der Waals surface area contributed by atoms with Crippen molar-refractivity contribution < 1.29 is 13.2 Å². The molecule has 0 radical (unpaired) electrons. The Kier molecular flexibility index (Phi) is 6.15. The molecule has 3 aromatic rings. The van der Waals surface area contributed by atoms with Gasteiger partial charge in [-0.1, -0.05) is 57.3 Å². The second kappa shape index (κ2) is 8.25. The van der Waals surface area contributed by atoms with Gasteiger partial charge in [0.2, 0.25) is 0 Å². The summed E-state index contributed by atoms with van der Waals surface area (Å²) in [5.41, 5.74) is -4.38. The fraction of sp³-hybridized carbons (Fsp3) is 0.0588. The van der Waals surface area contributed by atoms with E-state index in [1.165, 1.54) is 12.1 Å². The SMILES string of the molecule is N#Cc1nn(-c2c(Cl)cc(Br)cc2Cl)c(Nc2ccccc2)c1SC(F)(F)F. The smallest absolute Gasteiger partial charge is 0.339 e. The molecular weight excluding hydrogens is 500 g/mol. The molecule has 2 aromatic carbocycles. The van der Waals surface area contributed by atoms with Crippen molar-refractivity contribution in [3.05, 3.63) is 62.7 Å². The second-order valence-corrected chi connectivity index (χ2v) is 8.11. The van der Waals surface area contributed by atoms with Gasteiger partial charge in [0.15, 0.2) is 5.69 Å². The van der Waals surface area contributed by atoms with Crippen LogP contribution in [0.2, 0.25) is 10.0 Å². The van der Waals surface area contributed by atoms with Crippen LogP contribution in [0.15, 0.2) is 51.8 Å². The molecule has 28 heavy (non-hydrogen) atoms.